The van der Waals surface area contributed by atoms with E-state index in [0.717, 1.165) is 5.16 Å². The third kappa shape index (κ3) is 2.64. The van der Waals surface area contributed by atoms with Crippen molar-refractivity contribution in [1.29, 1.82) is 0 Å². The fourth-order valence-corrected chi connectivity index (χ4v) is 17.3. The van der Waals surface area contributed by atoms with Crippen molar-refractivity contribution < 1.29 is 9.90 Å². The average molecular weight is 251 g/mol. The molecule has 0 aliphatic rings. The Kier molecular flexibility index (Phi) is 6.10. The summed E-state index contributed by atoms with van der Waals surface area (Å²) in [6.45, 7) is 9.00. The molecule has 1 N–H and O–H groups in total. The van der Waals surface area contributed by atoms with Crippen molar-refractivity contribution in [3.05, 3.63) is 0 Å². The quantitative estimate of drug-likeness (QED) is 0.602. The highest BCUT2D eigenvalue weighted by atomic mass is 28.3. The summed E-state index contributed by atoms with van der Waals surface area (Å²) in [5.74, 6) is -0.426. The fourth-order valence-electron chi connectivity index (χ4n) is 2.37. The Labute approximate surface area is 90.2 Å². The van der Waals surface area contributed by atoms with E-state index in [4.69, 9.17) is 0 Å². The lowest BCUT2D eigenvalue weighted by Gasteiger charge is -2.34. The highest BCUT2D eigenvalue weighted by Crippen LogP contribution is 2.37. The molecule has 6 heteroatoms. The van der Waals surface area contributed by atoms with E-state index >= 15 is 0 Å². The molecular formula is C7H22O2Si4. The van der Waals surface area contributed by atoms with Crippen LogP contribution in [0, 0.1) is 0 Å². The molecule has 0 aliphatic carbocycles. The first kappa shape index (κ1) is 13.3. The molecule has 0 rings (SSSR count). The van der Waals surface area contributed by atoms with E-state index in [2.05, 4.69) is 26.2 Å². The number of rotatable bonds is 6. The Morgan fingerprint density at radius 1 is 1.15 bits per heavy atom. The van der Waals surface area contributed by atoms with Gasteiger partial charge in [-0.1, -0.05) is 31.4 Å². The van der Waals surface area contributed by atoms with Crippen LogP contribution in [0.5, 0.6) is 0 Å². The van der Waals surface area contributed by atoms with Crippen molar-refractivity contribution in [2.45, 2.75) is 36.0 Å². The number of carbonyl (C=O) groups is 1. The van der Waals surface area contributed by atoms with Crippen LogP contribution in [0.15, 0.2) is 0 Å². The summed E-state index contributed by atoms with van der Waals surface area (Å²) in [4.78, 5) is 11.4. The first-order chi connectivity index (χ1) is 6.08. The summed E-state index contributed by atoms with van der Waals surface area (Å²) < 4.78 is -0.0814. The van der Waals surface area contributed by atoms with Crippen molar-refractivity contribution in [3.63, 3.8) is 0 Å². The second kappa shape index (κ2) is 5.94. The Bertz CT molecular complexity index is 166. The van der Waals surface area contributed by atoms with Gasteiger partial charge in [0.05, 0.1) is 0 Å². The van der Waals surface area contributed by atoms with Crippen LogP contribution in [0.2, 0.25) is 36.0 Å². The number of hydrogen-bond donors (Lipinski definition) is 1. The van der Waals surface area contributed by atoms with Gasteiger partial charge in [0.1, 0.15) is 0 Å². The maximum Gasteiger partial charge on any atom is 0.302 e. The van der Waals surface area contributed by atoms with Crippen LogP contribution >= 0.6 is 0 Å². The van der Waals surface area contributed by atoms with Crippen LogP contribution in [0.3, 0.4) is 0 Å². The molecule has 13 heavy (non-hydrogen) atoms. The average Bonchev–Trinajstić information content (AvgIpc) is 2.13. The molecular weight excluding hydrogens is 228 g/mol. The van der Waals surface area contributed by atoms with Crippen LogP contribution in [-0.4, -0.2) is 49.2 Å². The number of hydrogen-bond acceptors (Lipinski definition) is 1. The molecule has 0 unspecified atom stereocenters. The number of carboxylic acid groups (broad SMARTS) is 1. The summed E-state index contributed by atoms with van der Waals surface area (Å²) in [7, 11) is -0.910. The fraction of sp³-hybridized carbons (Fsp3) is 0.857. The first-order valence-electron chi connectivity index (χ1n) is 5.32. The van der Waals surface area contributed by atoms with E-state index < -0.39 is 5.97 Å². The molecule has 0 saturated carbocycles. The van der Waals surface area contributed by atoms with Crippen molar-refractivity contribution in [2.24, 2.45) is 0 Å². The molecule has 0 aromatic heterocycles. The molecule has 0 bridgehead atoms. The first-order valence-corrected chi connectivity index (χ1v) is 14.0. The molecule has 0 spiro atoms. The van der Waals surface area contributed by atoms with Crippen LogP contribution in [-0.2, 0) is 4.79 Å². The third-order valence-electron chi connectivity index (χ3n) is 3.45. The lowest BCUT2D eigenvalue weighted by Crippen LogP contribution is -2.41. The second-order valence-corrected chi connectivity index (χ2v) is 13.4. The molecule has 0 aliphatic heterocycles. The van der Waals surface area contributed by atoms with Crippen molar-refractivity contribution in [3.8, 4) is 0 Å². The van der Waals surface area contributed by atoms with E-state index in [-0.39, 0.29) is 42.7 Å². The Hall–Kier alpha value is 0.338. The normalized spacial score (nSPS) is 21.5. The van der Waals surface area contributed by atoms with Crippen molar-refractivity contribution in [2.75, 3.05) is 0 Å². The van der Waals surface area contributed by atoms with E-state index in [0.29, 0.717) is 0 Å². The summed E-state index contributed by atoms with van der Waals surface area (Å²) in [5.41, 5.74) is 0. The topological polar surface area (TPSA) is 37.3 Å². The predicted octanol–water partition coefficient (Wildman–Crippen LogP) is -1.20. The summed E-state index contributed by atoms with van der Waals surface area (Å²) in [6.07, 6.45) is 0. The third-order valence-corrected chi connectivity index (χ3v) is 20.0. The van der Waals surface area contributed by atoms with Gasteiger partial charge in [0, 0.05) is 42.7 Å². The molecule has 78 valence electrons. The predicted molar refractivity (Wildman–Crippen MR) is 71.7 cm³/mol. The minimum absolute atomic E-state index is 0.0814. The van der Waals surface area contributed by atoms with Gasteiger partial charge < -0.3 is 5.11 Å². The lowest BCUT2D eigenvalue weighted by molar-refractivity contribution is -0.138. The Morgan fingerprint density at radius 2 is 1.54 bits per heavy atom. The van der Waals surface area contributed by atoms with Gasteiger partial charge in [-0.15, -0.1) is 0 Å². The summed E-state index contributed by atoms with van der Waals surface area (Å²) >= 11 is 0. The minimum Gasteiger partial charge on any atom is -0.481 e. The smallest absolute Gasteiger partial charge is 0.302 e. The molecule has 0 heterocycles. The highest BCUT2D eigenvalue weighted by molar-refractivity contribution is 6.76. The summed E-state index contributed by atoms with van der Waals surface area (Å²) in [5, 5.41) is 10.1. The van der Waals surface area contributed by atoms with Crippen LogP contribution in [0.25, 0.3) is 0 Å². The number of carboxylic acids is 1. The van der Waals surface area contributed by atoms with Gasteiger partial charge in [0.25, 0.3) is 0 Å². The monoisotopic (exact) mass is 250 g/mol. The molecule has 0 aromatic rings. The van der Waals surface area contributed by atoms with Gasteiger partial charge in [-0.05, 0) is 0 Å². The second-order valence-electron chi connectivity index (χ2n) is 3.68. The molecule has 0 radical (unpaired) electrons. The lowest BCUT2D eigenvalue weighted by atomic mass is 10.4. The van der Waals surface area contributed by atoms with E-state index in [9.17, 15) is 9.90 Å². The van der Waals surface area contributed by atoms with Crippen molar-refractivity contribution >= 4 is 44.0 Å². The minimum atomic E-state index is -0.426. The van der Waals surface area contributed by atoms with Gasteiger partial charge >= 0.3 is 5.97 Å². The van der Waals surface area contributed by atoms with Gasteiger partial charge in [0.2, 0.25) is 0 Å². The molecule has 2 nitrogen and oxygen atoms in total. The van der Waals surface area contributed by atoms with Crippen LogP contribution in [0.1, 0.15) is 0 Å². The van der Waals surface area contributed by atoms with Gasteiger partial charge in [0.15, 0.2) is 0 Å². The largest absolute Gasteiger partial charge is 0.481 e. The SMILES string of the molecule is C[SiH2]C([SiH2]C)C([SiH2]C)([SiH2]C)C(=O)O. The van der Waals surface area contributed by atoms with E-state index in [1.807, 2.05) is 0 Å². The Morgan fingerprint density at radius 3 is 1.62 bits per heavy atom. The molecule has 0 aromatic carbocycles. The molecule has 0 fully saturated rings. The molecule has 0 saturated heterocycles. The molecule has 0 atom stereocenters. The molecule has 0 amide bonds. The number of aliphatic carboxylic acids is 1. The van der Waals surface area contributed by atoms with Crippen LogP contribution < -0.4 is 0 Å². The van der Waals surface area contributed by atoms with Gasteiger partial charge in [-0.3, -0.25) is 4.79 Å². The van der Waals surface area contributed by atoms with E-state index in [1.165, 1.54) is 0 Å². The van der Waals surface area contributed by atoms with Gasteiger partial charge in [-0.2, -0.15) is 0 Å². The zero-order chi connectivity index (χ0) is 10.5. The van der Waals surface area contributed by atoms with E-state index in [1.54, 1.807) is 0 Å². The highest BCUT2D eigenvalue weighted by Gasteiger charge is 2.40. The standard InChI is InChI=1S/C7H22O2Si4/c1-10-6(11-2)7(12-3,13-4)5(8)9/h6H,10-13H2,1-4H3,(H,8,9). The Balaban J connectivity index is 4.82. The summed E-state index contributed by atoms with van der Waals surface area (Å²) in [6, 6.07) is 0. The maximum absolute atomic E-state index is 11.4. The van der Waals surface area contributed by atoms with Gasteiger partial charge in [-0.25, -0.2) is 0 Å². The zero-order valence-corrected chi connectivity index (χ0v) is 14.9. The zero-order valence-electron chi connectivity index (χ0n) is 9.26. The van der Waals surface area contributed by atoms with Crippen molar-refractivity contribution in [1.82, 2.24) is 0 Å². The maximum atomic E-state index is 11.4. The van der Waals surface area contributed by atoms with Crippen LogP contribution in [0.4, 0.5) is 0 Å².